The molecule has 0 aromatic heterocycles. The highest BCUT2D eigenvalue weighted by atomic mass is 28.4. The molecule has 9 heteroatoms. The Morgan fingerprint density at radius 2 is 0.625 bits per heavy atom. The fourth-order valence-corrected chi connectivity index (χ4v) is 9.25. The number of rotatable bonds is 31. The van der Waals surface area contributed by atoms with E-state index in [0.29, 0.717) is 0 Å². The molecule has 0 fully saturated rings. The van der Waals surface area contributed by atoms with Crippen molar-refractivity contribution in [1.82, 2.24) is 0 Å². The van der Waals surface area contributed by atoms with E-state index < -0.39 is 17.6 Å². The minimum atomic E-state index is -2.54. The highest BCUT2D eigenvalue weighted by Gasteiger charge is 2.40. The van der Waals surface area contributed by atoms with Crippen LogP contribution in [0.25, 0.3) is 0 Å². The Morgan fingerprint density at radius 1 is 0.375 bits per heavy atom. The van der Waals surface area contributed by atoms with Crippen LogP contribution in [0.4, 0.5) is 0 Å². The van der Waals surface area contributed by atoms with E-state index in [0.717, 1.165) is 42.5 Å². The minimum absolute atomic E-state index is 0.843. The Morgan fingerprint density at radius 3 is 0.900 bits per heavy atom. The van der Waals surface area contributed by atoms with Crippen LogP contribution in [0.1, 0.15) is 122 Å². The minimum Gasteiger partial charge on any atom is -0.377 e. The van der Waals surface area contributed by atoms with E-state index in [1.807, 2.05) is 0 Å². The molecule has 242 valence electrons. The van der Waals surface area contributed by atoms with Crippen LogP contribution in [0.15, 0.2) is 0 Å². The van der Waals surface area contributed by atoms with Crippen molar-refractivity contribution in [3.8, 4) is 0 Å². The summed E-state index contributed by atoms with van der Waals surface area (Å²) in [7, 11) is 7.54. The van der Waals surface area contributed by atoms with Gasteiger partial charge in [0.1, 0.15) is 0 Å². The van der Waals surface area contributed by atoms with Gasteiger partial charge in [-0.1, -0.05) is 96.8 Å². The van der Waals surface area contributed by atoms with Crippen molar-refractivity contribution in [1.29, 1.82) is 0 Å². The van der Waals surface area contributed by atoms with Gasteiger partial charge in [-0.15, -0.1) is 0 Å². The average molecular weight is 609 g/mol. The first-order valence-corrected chi connectivity index (χ1v) is 20.3. The maximum absolute atomic E-state index is 5.66. The molecule has 0 atom stereocenters. The highest BCUT2D eigenvalue weighted by Crippen LogP contribution is 2.22. The van der Waals surface area contributed by atoms with Crippen LogP contribution in [-0.4, -0.2) is 91.4 Å². The Bertz CT molecular complexity index is 507. The zero-order chi connectivity index (χ0) is 30.0. The molecule has 0 N–H and O–H groups in total. The van der Waals surface area contributed by atoms with Gasteiger partial charge in [-0.25, -0.2) is 0 Å². The third-order valence-corrected chi connectivity index (χ3v) is 14.4. The van der Waals surface area contributed by atoms with Gasteiger partial charge in [-0.05, 0) is 12.8 Å². The second-order valence-corrected chi connectivity index (χ2v) is 18.1. The Labute approximate surface area is 252 Å². The molecule has 0 heterocycles. The van der Waals surface area contributed by atoms with Crippen LogP contribution in [0.2, 0.25) is 12.1 Å². The van der Waals surface area contributed by atoms with Gasteiger partial charge in [0.05, 0.1) is 26.7 Å². The summed E-state index contributed by atoms with van der Waals surface area (Å²) >= 11 is 0. The van der Waals surface area contributed by atoms with E-state index in [4.69, 9.17) is 26.6 Å². The first-order chi connectivity index (χ1) is 19.3. The van der Waals surface area contributed by atoms with E-state index in [1.54, 1.807) is 42.7 Å². The number of nitrogens with zero attached hydrogens (tertiary/aromatic N) is 1. The third kappa shape index (κ3) is 18.6. The molecule has 0 radical (unpaired) electrons. The molecule has 0 spiro atoms. The molecular formula is C31H70NO6Si2+. The van der Waals surface area contributed by atoms with Crippen LogP contribution >= 0.6 is 0 Å². The molecule has 0 saturated carbocycles. The normalized spacial score (nSPS) is 12.9. The topological polar surface area (TPSA) is 55.4 Å². The van der Waals surface area contributed by atoms with Crippen molar-refractivity contribution in [2.45, 2.75) is 135 Å². The van der Waals surface area contributed by atoms with Gasteiger partial charge in [0, 0.05) is 67.6 Å². The lowest BCUT2D eigenvalue weighted by Crippen LogP contribution is -2.49. The summed E-state index contributed by atoms with van der Waals surface area (Å²) < 4.78 is 35.0. The van der Waals surface area contributed by atoms with Gasteiger partial charge in [0.15, 0.2) is 0 Å². The summed E-state index contributed by atoms with van der Waals surface area (Å²) in [4.78, 5) is 0. The van der Waals surface area contributed by atoms with E-state index in [9.17, 15) is 0 Å². The lowest BCUT2D eigenvalue weighted by molar-refractivity contribution is -0.909. The lowest BCUT2D eigenvalue weighted by atomic mass is 10.0. The summed E-state index contributed by atoms with van der Waals surface area (Å²) in [5.74, 6) is 0. The van der Waals surface area contributed by atoms with E-state index in [2.05, 4.69) is 14.0 Å². The predicted molar refractivity (Wildman–Crippen MR) is 173 cm³/mol. The summed E-state index contributed by atoms with van der Waals surface area (Å²) in [6.45, 7) is 5.67. The van der Waals surface area contributed by atoms with Crippen LogP contribution in [-0.2, 0) is 26.6 Å². The first kappa shape index (κ1) is 40.2. The molecule has 0 amide bonds. The van der Waals surface area contributed by atoms with E-state index in [-0.39, 0.29) is 0 Å². The average Bonchev–Trinajstić information content (AvgIpc) is 2.98. The SMILES string of the molecule is CCCCCCCCCCCCCCCCCC[N+](C)(CCC[Si](OC)(OC)OC)CCC[Si](OC)(OC)OC. The largest absolute Gasteiger partial charge is 0.500 e. The van der Waals surface area contributed by atoms with Crippen LogP contribution in [0.3, 0.4) is 0 Å². The quantitative estimate of drug-likeness (QED) is 0.0449. The number of hydrogen-bond acceptors (Lipinski definition) is 6. The predicted octanol–water partition coefficient (Wildman–Crippen LogP) is 8.23. The standard InChI is InChI=1S/C31H70NO6Si2/c1-9-10-11-12-13-14-15-16-17-18-19-20-21-22-23-24-27-32(2,28-25-30-39(33-3,34-4)35-5)29-26-31-40(36-6,37-7)38-8/h9-31H2,1-8H3/q+1. The van der Waals surface area contributed by atoms with Crippen molar-refractivity contribution < 1.29 is 31.0 Å². The fourth-order valence-electron chi connectivity index (χ4n) is 5.84. The number of hydrogen-bond donors (Lipinski definition) is 0. The highest BCUT2D eigenvalue weighted by molar-refractivity contribution is 6.60. The fraction of sp³-hybridized carbons (Fsp3) is 1.00. The van der Waals surface area contributed by atoms with Crippen molar-refractivity contribution in [2.24, 2.45) is 0 Å². The lowest BCUT2D eigenvalue weighted by Gasteiger charge is -2.36. The van der Waals surface area contributed by atoms with Gasteiger partial charge in [0.2, 0.25) is 0 Å². The Kier molecular flexibility index (Phi) is 25.7. The molecular weight excluding hydrogens is 539 g/mol. The van der Waals surface area contributed by atoms with Crippen LogP contribution in [0, 0.1) is 0 Å². The summed E-state index contributed by atoms with van der Waals surface area (Å²) in [6, 6.07) is 1.69. The molecule has 0 aromatic rings. The molecule has 0 rings (SSSR count). The summed E-state index contributed by atoms with van der Waals surface area (Å²) in [6.07, 6.45) is 24.5. The second kappa shape index (κ2) is 25.6. The second-order valence-electron chi connectivity index (χ2n) is 11.9. The van der Waals surface area contributed by atoms with Crippen molar-refractivity contribution in [3.05, 3.63) is 0 Å². The molecule has 0 aliphatic heterocycles. The maximum Gasteiger partial charge on any atom is 0.500 e. The number of quaternary nitrogens is 1. The van der Waals surface area contributed by atoms with Gasteiger partial charge < -0.3 is 31.0 Å². The van der Waals surface area contributed by atoms with Crippen LogP contribution < -0.4 is 0 Å². The summed E-state index contributed by atoms with van der Waals surface area (Å²) in [5, 5.41) is 0. The monoisotopic (exact) mass is 608 g/mol. The molecule has 0 aromatic carbocycles. The zero-order valence-electron chi connectivity index (χ0n) is 28.2. The van der Waals surface area contributed by atoms with Gasteiger partial charge in [-0.3, -0.25) is 0 Å². The molecule has 40 heavy (non-hydrogen) atoms. The zero-order valence-corrected chi connectivity index (χ0v) is 30.2. The van der Waals surface area contributed by atoms with Gasteiger partial charge >= 0.3 is 17.6 Å². The van der Waals surface area contributed by atoms with Crippen molar-refractivity contribution >= 4 is 17.6 Å². The van der Waals surface area contributed by atoms with Gasteiger partial charge in [-0.2, -0.15) is 0 Å². The molecule has 0 unspecified atom stereocenters. The smallest absolute Gasteiger partial charge is 0.377 e. The molecule has 0 saturated heterocycles. The van der Waals surface area contributed by atoms with Gasteiger partial charge in [0.25, 0.3) is 0 Å². The Hall–Kier alpha value is 0.154. The van der Waals surface area contributed by atoms with Crippen molar-refractivity contribution in [2.75, 3.05) is 69.3 Å². The molecule has 0 aliphatic rings. The number of unbranched alkanes of at least 4 members (excludes halogenated alkanes) is 15. The van der Waals surface area contributed by atoms with Crippen molar-refractivity contribution in [3.63, 3.8) is 0 Å². The van der Waals surface area contributed by atoms with E-state index in [1.165, 1.54) is 109 Å². The summed E-state index contributed by atoms with van der Waals surface area (Å²) in [5.41, 5.74) is 0. The Balaban J connectivity index is 4.33. The molecule has 0 bridgehead atoms. The first-order valence-electron chi connectivity index (χ1n) is 16.5. The third-order valence-electron chi connectivity index (χ3n) is 8.78. The molecule has 7 nitrogen and oxygen atoms in total. The van der Waals surface area contributed by atoms with Crippen LogP contribution in [0.5, 0.6) is 0 Å². The maximum atomic E-state index is 5.66. The van der Waals surface area contributed by atoms with E-state index >= 15 is 0 Å². The molecule has 0 aliphatic carbocycles.